The Bertz CT molecular complexity index is 666. The van der Waals surface area contributed by atoms with E-state index in [9.17, 15) is 4.79 Å². The molecule has 0 saturated carbocycles. The van der Waals surface area contributed by atoms with E-state index in [4.69, 9.17) is 18.9 Å². The molecule has 1 heterocycles. The molecular formula is C30H50O5. The highest BCUT2D eigenvalue weighted by atomic mass is 16.7. The lowest BCUT2D eigenvalue weighted by Crippen LogP contribution is -2.33. The number of benzene rings is 1. The van der Waals surface area contributed by atoms with Gasteiger partial charge in [-0.15, -0.1) is 0 Å². The van der Waals surface area contributed by atoms with Gasteiger partial charge in [-0.05, 0) is 44.4 Å². The Morgan fingerprint density at radius 3 is 1.94 bits per heavy atom. The van der Waals surface area contributed by atoms with Gasteiger partial charge in [0.05, 0.1) is 32.3 Å². The lowest BCUT2D eigenvalue weighted by molar-refractivity contribution is -0.171. The van der Waals surface area contributed by atoms with Crippen molar-refractivity contribution in [2.24, 2.45) is 5.92 Å². The summed E-state index contributed by atoms with van der Waals surface area (Å²) < 4.78 is 22.7. The van der Waals surface area contributed by atoms with E-state index >= 15 is 0 Å². The van der Waals surface area contributed by atoms with Crippen LogP contribution in [0.5, 0.6) is 5.75 Å². The Balaban J connectivity index is 1.60. The molecule has 1 aromatic rings. The molecule has 1 aliphatic heterocycles. The summed E-state index contributed by atoms with van der Waals surface area (Å²) in [6.07, 6.45) is 17.2. The third-order valence-electron chi connectivity index (χ3n) is 6.81. The zero-order valence-corrected chi connectivity index (χ0v) is 22.7. The summed E-state index contributed by atoms with van der Waals surface area (Å²) in [4.78, 5) is 12.5. The van der Waals surface area contributed by atoms with E-state index in [-0.39, 0.29) is 11.9 Å². The van der Waals surface area contributed by atoms with E-state index in [1.54, 1.807) is 0 Å². The number of rotatable bonds is 20. The molecule has 35 heavy (non-hydrogen) atoms. The predicted molar refractivity (Wildman–Crippen MR) is 142 cm³/mol. The number of unbranched alkanes of at least 4 members (excludes halogenated alkanes) is 11. The van der Waals surface area contributed by atoms with Crippen molar-refractivity contribution in [3.8, 4) is 5.75 Å². The van der Waals surface area contributed by atoms with Crippen molar-refractivity contribution in [2.45, 2.75) is 116 Å². The van der Waals surface area contributed by atoms with Crippen molar-refractivity contribution >= 4 is 5.97 Å². The van der Waals surface area contributed by atoms with Gasteiger partial charge in [0, 0.05) is 6.42 Å². The second-order valence-corrected chi connectivity index (χ2v) is 10.1. The minimum absolute atomic E-state index is 0.194. The van der Waals surface area contributed by atoms with Crippen molar-refractivity contribution in [3.05, 3.63) is 29.8 Å². The molecule has 0 aliphatic carbocycles. The van der Waals surface area contributed by atoms with Gasteiger partial charge in [-0.25, -0.2) is 0 Å². The number of carbonyl (C=O) groups is 1. The van der Waals surface area contributed by atoms with Crippen LogP contribution in [0.1, 0.15) is 110 Å². The van der Waals surface area contributed by atoms with Crippen LogP contribution >= 0.6 is 0 Å². The van der Waals surface area contributed by atoms with Gasteiger partial charge in [0.1, 0.15) is 5.75 Å². The Labute approximate surface area is 214 Å². The average Bonchev–Trinajstić information content (AvgIpc) is 3.28. The number of esters is 1. The molecule has 1 fully saturated rings. The first-order chi connectivity index (χ1) is 17.1. The maximum atomic E-state index is 12.5. The fourth-order valence-electron chi connectivity index (χ4n) is 4.76. The van der Waals surface area contributed by atoms with Crippen LogP contribution < -0.4 is 4.74 Å². The van der Waals surface area contributed by atoms with Crippen molar-refractivity contribution < 1.29 is 23.7 Å². The molecule has 1 aliphatic rings. The Morgan fingerprint density at radius 2 is 1.40 bits per heavy atom. The van der Waals surface area contributed by atoms with Crippen LogP contribution in [0.15, 0.2) is 24.3 Å². The first-order valence-corrected chi connectivity index (χ1v) is 14.2. The van der Waals surface area contributed by atoms with Crippen LogP contribution in [-0.2, 0) is 25.4 Å². The van der Waals surface area contributed by atoms with Crippen LogP contribution in [0, 0.1) is 5.92 Å². The van der Waals surface area contributed by atoms with Crippen molar-refractivity contribution in [1.82, 2.24) is 0 Å². The minimum atomic E-state index is -0.714. The molecule has 0 bridgehead atoms. The fourth-order valence-corrected chi connectivity index (χ4v) is 4.76. The summed E-state index contributed by atoms with van der Waals surface area (Å²) in [6.45, 7) is 8.28. The van der Waals surface area contributed by atoms with Gasteiger partial charge >= 0.3 is 5.97 Å². The topological polar surface area (TPSA) is 54.0 Å². The highest BCUT2D eigenvalue weighted by molar-refractivity contribution is 5.73. The molecule has 1 aromatic carbocycles. The van der Waals surface area contributed by atoms with Gasteiger partial charge < -0.3 is 18.9 Å². The third kappa shape index (κ3) is 12.8. The summed E-state index contributed by atoms with van der Waals surface area (Å²) in [5, 5.41) is 0. The molecule has 5 nitrogen and oxygen atoms in total. The molecule has 1 saturated heterocycles. The third-order valence-corrected chi connectivity index (χ3v) is 6.81. The van der Waals surface area contributed by atoms with Crippen LogP contribution in [-0.4, -0.2) is 38.2 Å². The SMILES string of the molecule is CCCCCCCCCCCCCCOc1ccc(CC(CC2(C)OCCO2)C(=O)OCC)cc1. The van der Waals surface area contributed by atoms with Crippen LogP contribution in [0.3, 0.4) is 0 Å². The average molecular weight is 491 g/mol. The van der Waals surface area contributed by atoms with Crippen LogP contribution in [0.25, 0.3) is 0 Å². The van der Waals surface area contributed by atoms with E-state index in [1.165, 1.54) is 70.6 Å². The Morgan fingerprint density at radius 1 is 0.857 bits per heavy atom. The van der Waals surface area contributed by atoms with Crippen LogP contribution in [0.2, 0.25) is 0 Å². The lowest BCUT2D eigenvalue weighted by Gasteiger charge is -2.27. The standard InChI is InChI=1S/C30H50O5/c1-4-6-7-8-9-10-11-12-13-14-15-16-21-33-28-19-17-26(18-20-28)24-27(29(31)32-5-2)25-30(3)34-22-23-35-30/h17-20,27H,4-16,21-25H2,1-3H3. The van der Waals surface area contributed by atoms with Gasteiger partial charge in [0.2, 0.25) is 0 Å². The molecule has 200 valence electrons. The molecule has 2 rings (SSSR count). The molecular weight excluding hydrogens is 440 g/mol. The molecule has 0 N–H and O–H groups in total. The van der Waals surface area contributed by atoms with Gasteiger partial charge in [-0.1, -0.05) is 89.7 Å². The number of hydrogen-bond acceptors (Lipinski definition) is 5. The molecule has 0 aromatic heterocycles. The quantitative estimate of drug-likeness (QED) is 0.139. The fraction of sp³-hybridized carbons (Fsp3) is 0.767. The second-order valence-electron chi connectivity index (χ2n) is 10.1. The maximum absolute atomic E-state index is 12.5. The van der Waals surface area contributed by atoms with E-state index in [0.29, 0.717) is 32.7 Å². The van der Waals surface area contributed by atoms with Crippen molar-refractivity contribution in [3.63, 3.8) is 0 Å². The molecule has 0 radical (unpaired) electrons. The molecule has 1 unspecified atom stereocenters. The summed E-state index contributed by atoms with van der Waals surface area (Å²) >= 11 is 0. The smallest absolute Gasteiger partial charge is 0.309 e. The van der Waals surface area contributed by atoms with Gasteiger partial charge in [-0.3, -0.25) is 4.79 Å². The van der Waals surface area contributed by atoms with Gasteiger partial charge in [0.15, 0.2) is 5.79 Å². The monoisotopic (exact) mass is 490 g/mol. The second kappa shape index (κ2) is 17.8. The summed E-state index contributed by atoms with van der Waals surface area (Å²) in [5.74, 6) is -0.320. The predicted octanol–water partition coefficient (Wildman–Crippen LogP) is 7.64. The first kappa shape index (κ1) is 29.6. The van der Waals surface area contributed by atoms with E-state index in [0.717, 1.165) is 24.3 Å². The number of carbonyl (C=O) groups excluding carboxylic acids is 1. The summed E-state index contributed by atoms with van der Waals surface area (Å²) in [7, 11) is 0. The first-order valence-electron chi connectivity index (χ1n) is 14.2. The van der Waals surface area contributed by atoms with Crippen molar-refractivity contribution in [1.29, 1.82) is 0 Å². The van der Waals surface area contributed by atoms with Crippen LogP contribution in [0.4, 0.5) is 0 Å². The molecule has 5 heteroatoms. The van der Waals surface area contributed by atoms with Gasteiger partial charge in [-0.2, -0.15) is 0 Å². The van der Waals surface area contributed by atoms with Gasteiger partial charge in [0.25, 0.3) is 0 Å². The molecule has 1 atom stereocenters. The van der Waals surface area contributed by atoms with E-state index in [2.05, 4.69) is 6.92 Å². The summed E-state index contributed by atoms with van der Waals surface area (Å²) in [6, 6.07) is 8.09. The minimum Gasteiger partial charge on any atom is -0.494 e. The van der Waals surface area contributed by atoms with E-state index < -0.39 is 5.79 Å². The largest absolute Gasteiger partial charge is 0.494 e. The number of hydrogen-bond donors (Lipinski definition) is 0. The summed E-state index contributed by atoms with van der Waals surface area (Å²) in [5.41, 5.74) is 1.09. The highest BCUT2D eigenvalue weighted by Gasteiger charge is 2.37. The highest BCUT2D eigenvalue weighted by Crippen LogP contribution is 2.29. The zero-order chi connectivity index (χ0) is 25.2. The van der Waals surface area contributed by atoms with E-state index in [1.807, 2.05) is 38.1 Å². The molecule has 0 spiro atoms. The van der Waals surface area contributed by atoms with Crippen molar-refractivity contribution in [2.75, 3.05) is 26.4 Å². The normalized spacial score (nSPS) is 15.7. The Kier molecular flexibility index (Phi) is 15.1. The lowest BCUT2D eigenvalue weighted by atomic mass is 9.92. The Hall–Kier alpha value is -1.59. The number of ether oxygens (including phenoxy) is 4. The maximum Gasteiger partial charge on any atom is 0.309 e. The molecule has 0 amide bonds. The zero-order valence-electron chi connectivity index (χ0n) is 22.7.